The van der Waals surface area contributed by atoms with Gasteiger partial charge < -0.3 is 20.1 Å². The highest BCUT2D eigenvalue weighted by atomic mass is 16.5. The maximum absolute atomic E-state index is 12.8. The Morgan fingerprint density at radius 3 is 2.86 bits per heavy atom. The number of benzene rings is 1. The van der Waals surface area contributed by atoms with Gasteiger partial charge in [0.1, 0.15) is 17.1 Å². The number of hydrogen-bond acceptors (Lipinski definition) is 7. The molecule has 0 bridgehead atoms. The topological polar surface area (TPSA) is 140 Å². The number of rotatable bonds is 8. The summed E-state index contributed by atoms with van der Waals surface area (Å²) in [6, 6.07) is 8.94. The predicted octanol–water partition coefficient (Wildman–Crippen LogP) is 1.60. The van der Waals surface area contributed by atoms with Gasteiger partial charge in [-0.05, 0) is 48.6 Å². The molecule has 5 rings (SSSR count). The number of carbonyl (C=O) groups excluding carboxylic acids is 2. The quantitative estimate of drug-likeness (QED) is 0.485. The largest absolute Gasteiger partial charge is 0.493 e. The summed E-state index contributed by atoms with van der Waals surface area (Å²) in [6.45, 7) is 1.40. The van der Waals surface area contributed by atoms with Crippen molar-refractivity contribution in [1.29, 1.82) is 0 Å². The monoisotopic (exact) mass is 490 g/mol. The number of aromatic carboxylic acids is 1. The Labute approximate surface area is 207 Å². The summed E-state index contributed by atoms with van der Waals surface area (Å²) in [7, 11) is 1.67. The van der Waals surface area contributed by atoms with Gasteiger partial charge in [0.25, 0.3) is 0 Å². The molecule has 2 atom stereocenters. The first-order valence-corrected chi connectivity index (χ1v) is 11.8. The number of carboxylic acid groups (broad SMARTS) is 1. The average molecular weight is 491 g/mol. The molecule has 1 aliphatic heterocycles. The molecule has 2 aliphatic rings. The van der Waals surface area contributed by atoms with Crippen LogP contribution in [0.3, 0.4) is 0 Å². The number of aryl methyl sites for hydroxylation is 1. The molecule has 3 aromatic rings. The van der Waals surface area contributed by atoms with Gasteiger partial charge in [-0.25, -0.2) is 14.5 Å². The minimum absolute atomic E-state index is 0.0651. The van der Waals surface area contributed by atoms with Crippen molar-refractivity contribution in [3.8, 4) is 11.4 Å². The lowest BCUT2D eigenvalue weighted by molar-refractivity contribution is -0.134. The van der Waals surface area contributed by atoms with Crippen LogP contribution in [0.4, 0.5) is 0 Å². The number of hydrogen-bond donors (Lipinski definition) is 2. The van der Waals surface area contributed by atoms with Crippen molar-refractivity contribution >= 4 is 17.8 Å². The molecule has 2 amide bonds. The van der Waals surface area contributed by atoms with Crippen LogP contribution >= 0.6 is 0 Å². The van der Waals surface area contributed by atoms with E-state index in [0.29, 0.717) is 24.3 Å². The minimum atomic E-state index is -1.11. The van der Waals surface area contributed by atoms with E-state index < -0.39 is 5.97 Å². The first kappa shape index (κ1) is 23.5. The molecule has 1 saturated carbocycles. The second-order valence-electron chi connectivity index (χ2n) is 9.12. The summed E-state index contributed by atoms with van der Waals surface area (Å²) < 4.78 is 7.10. The van der Waals surface area contributed by atoms with E-state index in [-0.39, 0.29) is 35.9 Å². The Hall–Kier alpha value is -4.28. The van der Waals surface area contributed by atoms with Crippen molar-refractivity contribution in [2.24, 2.45) is 11.8 Å². The first-order valence-electron chi connectivity index (χ1n) is 11.8. The Morgan fingerprint density at radius 1 is 1.22 bits per heavy atom. The maximum atomic E-state index is 12.8. The highest BCUT2D eigenvalue weighted by molar-refractivity contribution is 5.92. The molecule has 186 valence electrons. The summed E-state index contributed by atoms with van der Waals surface area (Å²) in [5.41, 5.74) is 3.23. The lowest BCUT2D eigenvalue weighted by Gasteiger charge is -2.18. The van der Waals surface area contributed by atoms with E-state index in [2.05, 4.69) is 26.7 Å². The number of nitrogens with one attached hydrogen (secondary N) is 1. The van der Waals surface area contributed by atoms with Gasteiger partial charge in [-0.2, -0.15) is 0 Å². The van der Waals surface area contributed by atoms with E-state index in [1.165, 1.54) is 22.5 Å². The zero-order chi connectivity index (χ0) is 25.2. The van der Waals surface area contributed by atoms with Crippen LogP contribution in [0.5, 0.6) is 5.75 Å². The van der Waals surface area contributed by atoms with Crippen LogP contribution in [0.2, 0.25) is 0 Å². The summed E-state index contributed by atoms with van der Waals surface area (Å²) in [4.78, 5) is 41.8. The highest BCUT2D eigenvalue weighted by Gasteiger charge is 2.49. The van der Waals surface area contributed by atoms with Crippen molar-refractivity contribution in [2.75, 3.05) is 13.7 Å². The zero-order valence-electron chi connectivity index (χ0n) is 19.8. The molecule has 0 spiro atoms. The molecular weight excluding hydrogens is 464 g/mol. The minimum Gasteiger partial charge on any atom is -0.493 e. The molecule has 11 heteroatoms. The van der Waals surface area contributed by atoms with Crippen LogP contribution in [0.25, 0.3) is 5.69 Å². The number of amides is 2. The van der Waals surface area contributed by atoms with Crippen LogP contribution in [0, 0.1) is 11.8 Å². The molecule has 2 N–H and O–H groups in total. The second-order valence-corrected chi connectivity index (χ2v) is 9.12. The van der Waals surface area contributed by atoms with Crippen molar-refractivity contribution in [2.45, 2.75) is 32.4 Å². The standard InChI is InChI=1S/C25H26N6O5/c1-30(13-17-14-31(29-28-17)18-5-6-21(25(34)35)26-12-18)24(33)20-10-19(20)23(32)27-11-15-4-7-22-16(9-15)3-2-8-36-22/h4-7,9,12,14,19-20H,2-3,8,10-11,13H2,1H3,(H,27,32)(H,34,35)/t19-,20+/m0/s1. The molecule has 0 radical (unpaired) electrons. The van der Waals surface area contributed by atoms with Gasteiger partial charge in [0.2, 0.25) is 11.8 Å². The van der Waals surface area contributed by atoms with Gasteiger partial charge >= 0.3 is 5.97 Å². The van der Waals surface area contributed by atoms with E-state index in [0.717, 1.165) is 30.8 Å². The Balaban J connectivity index is 1.11. The second kappa shape index (κ2) is 9.76. The molecule has 0 saturated heterocycles. The molecular formula is C25H26N6O5. The smallest absolute Gasteiger partial charge is 0.354 e. The summed E-state index contributed by atoms with van der Waals surface area (Å²) >= 11 is 0. The molecule has 0 unspecified atom stereocenters. The zero-order valence-corrected chi connectivity index (χ0v) is 19.8. The Bertz CT molecular complexity index is 1300. The molecule has 1 aromatic carbocycles. The molecule has 36 heavy (non-hydrogen) atoms. The predicted molar refractivity (Wildman–Crippen MR) is 126 cm³/mol. The summed E-state index contributed by atoms with van der Waals surface area (Å²) in [5, 5.41) is 20.0. The van der Waals surface area contributed by atoms with Gasteiger partial charge in [0.15, 0.2) is 0 Å². The molecule has 1 aliphatic carbocycles. The first-order chi connectivity index (χ1) is 17.4. The number of carbonyl (C=O) groups is 3. The van der Waals surface area contributed by atoms with E-state index in [1.807, 2.05) is 12.1 Å². The van der Waals surface area contributed by atoms with Crippen LogP contribution in [0.1, 0.15) is 40.2 Å². The summed E-state index contributed by atoms with van der Waals surface area (Å²) in [5.74, 6) is -1.08. The number of nitrogens with zero attached hydrogens (tertiary/aromatic N) is 5. The average Bonchev–Trinajstić information content (AvgIpc) is 3.57. The third-order valence-corrected chi connectivity index (χ3v) is 6.43. The fraction of sp³-hybridized carbons (Fsp3) is 0.360. The van der Waals surface area contributed by atoms with Crippen LogP contribution in [0.15, 0.2) is 42.7 Å². The van der Waals surface area contributed by atoms with Crippen LogP contribution in [-0.4, -0.2) is 61.4 Å². The SMILES string of the molecule is CN(Cc1cn(-c2ccc(C(=O)O)nc2)nn1)C(=O)[C@@H]1C[C@@H]1C(=O)NCc1ccc2c(c1)CCCO2. The number of aromatic nitrogens is 4. The van der Waals surface area contributed by atoms with Gasteiger partial charge in [-0.15, -0.1) is 5.10 Å². The van der Waals surface area contributed by atoms with Crippen molar-refractivity contribution in [3.63, 3.8) is 0 Å². The summed E-state index contributed by atoms with van der Waals surface area (Å²) in [6.07, 6.45) is 5.55. The molecule has 3 heterocycles. The molecule has 11 nitrogen and oxygen atoms in total. The fourth-order valence-corrected chi connectivity index (χ4v) is 4.35. The van der Waals surface area contributed by atoms with E-state index >= 15 is 0 Å². The van der Waals surface area contributed by atoms with Crippen molar-refractivity contribution in [3.05, 3.63) is 65.2 Å². The Morgan fingerprint density at radius 2 is 2.08 bits per heavy atom. The highest BCUT2D eigenvalue weighted by Crippen LogP contribution is 2.40. The van der Waals surface area contributed by atoms with Gasteiger partial charge in [-0.1, -0.05) is 17.3 Å². The van der Waals surface area contributed by atoms with Crippen LogP contribution < -0.4 is 10.1 Å². The van der Waals surface area contributed by atoms with E-state index in [4.69, 9.17) is 9.84 Å². The maximum Gasteiger partial charge on any atom is 0.354 e. The fourth-order valence-electron chi connectivity index (χ4n) is 4.35. The number of carboxylic acids is 1. The number of pyridine rings is 1. The van der Waals surface area contributed by atoms with Crippen LogP contribution in [-0.2, 0) is 29.1 Å². The van der Waals surface area contributed by atoms with E-state index in [9.17, 15) is 14.4 Å². The normalized spacial score (nSPS) is 18.0. The number of fused-ring (bicyclic) bond motifs is 1. The third-order valence-electron chi connectivity index (χ3n) is 6.43. The lowest BCUT2D eigenvalue weighted by atomic mass is 10.0. The third kappa shape index (κ3) is 5.04. The lowest BCUT2D eigenvalue weighted by Crippen LogP contribution is -2.31. The number of ether oxygens (including phenoxy) is 1. The van der Waals surface area contributed by atoms with Gasteiger partial charge in [-0.3, -0.25) is 9.59 Å². The van der Waals surface area contributed by atoms with Crippen molar-refractivity contribution < 1.29 is 24.2 Å². The van der Waals surface area contributed by atoms with Gasteiger partial charge in [0, 0.05) is 13.6 Å². The van der Waals surface area contributed by atoms with E-state index in [1.54, 1.807) is 24.2 Å². The Kier molecular flexibility index (Phi) is 6.36. The van der Waals surface area contributed by atoms with Gasteiger partial charge in [0.05, 0.1) is 43.1 Å². The molecule has 1 fully saturated rings. The molecule has 2 aromatic heterocycles. The van der Waals surface area contributed by atoms with Crippen molar-refractivity contribution in [1.82, 2.24) is 30.2 Å².